The van der Waals surface area contributed by atoms with Crippen molar-refractivity contribution in [3.63, 3.8) is 0 Å². The van der Waals surface area contributed by atoms with Gasteiger partial charge in [0.15, 0.2) is 0 Å². The third-order valence-corrected chi connectivity index (χ3v) is 3.67. The standard InChI is InChI=1S/C11H16BrN2S.HI/c1-13(2)11(14(3)4)15-10-7-5-6-9(12)8-10;/h5-8H,1-4H3;1H/q+1;/p-1. The second-order valence-electron chi connectivity index (χ2n) is 3.63. The monoisotopic (exact) mass is 414 g/mol. The Kier molecular flexibility index (Phi) is 7.67. The summed E-state index contributed by atoms with van der Waals surface area (Å²) < 4.78 is 3.23. The Bertz CT molecular complexity index is 376. The number of nitrogens with zero attached hydrogens (tertiary/aromatic N) is 2. The molecule has 0 amide bonds. The molecule has 0 heterocycles. The van der Waals surface area contributed by atoms with E-state index in [2.05, 4.69) is 71.8 Å². The van der Waals surface area contributed by atoms with E-state index in [4.69, 9.17) is 0 Å². The summed E-state index contributed by atoms with van der Waals surface area (Å²) in [5, 5.41) is 1.22. The van der Waals surface area contributed by atoms with Gasteiger partial charge < -0.3 is 24.0 Å². The van der Waals surface area contributed by atoms with Crippen LogP contribution in [0.25, 0.3) is 0 Å². The minimum absolute atomic E-state index is 0. The van der Waals surface area contributed by atoms with E-state index in [9.17, 15) is 0 Å². The average Bonchev–Trinajstić information content (AvgIpc) is 2.13. The Morgan fingerprint density at radius 2 is 1.94 bits per heavy atom. The first-order valence-corrected chi connectivity index (χ1v) is 6.26. The van der Waals surface area contributed by atoms with Gasteiger partial charge in [-0.1, -0.05) is 22.0 Å². The summed E-state index contributed by atoms with van der Waals surface area (Å²) in [6, 6.07) is 8.32. The van der Waals surface area contributed by atoms with Crippen molar-refractivity contribution in [3.05, 3.63) is 28.7 Å². The zero-order valence-electron chi connectivity index (χ0n) is 9.87. The van der Waals surface area contributed by atoms with E-state index in [0.29, 0.717) is 0 Å². The molecule has 0 aliphatic carbocycles. The van der Waals surface area contributed by atoms with Gasteiger partial charge in [0, 0.05) is 9.37 Å². The molecule has 0 fully saturated rings. The molecular weight excluding hydrogens is 399 g/mol. The van der Waals surface area contributed by atoms with Crippen LogP contribution in [0.15, 0.2) is 33.6 Å². The van der Waals surface area contributed by atoms with E-state index in [-0.39, 0.29) is 24.0 Å². The van der Waals surface area contributed by atoms with Crippen LogP contribution >= 0.6 is 27.7 Å². The fourth-order valence-corrected chi connectivity index (χ4v) is 2.68. The molecule has 0 saturated heterocycles. The highest BCUT2D eigenvalue weighted by Gasteiger charge is 2.13. The quantitative estimate of drug-likeness (QED) is 0.205. The summed E-state index contributed by atoms with van der Waals surface area (Å²) in [6.07, 6.45) is 0. The molecule has 0 radical (unpaired) electrons. The fourth-order valence-electron chi connectivity index (χ4n) is 1.22. The van der Waals surface area contributed by atoms with E-state index in [1.54, 1.807) is 11.8 Å². The van der Waals surface area contributed by atoms with E-state index >= 15 is 0 Å². The number of hydrogen-bond acceptors (Lipinski definition) is 1. The first-order valence-electron chi connectivity index (χ1n) is 4.65. The van der Waals surface area contributed by atoms with Gasteiger partial charge in [0.05, 0.1) is 28.2 Å². The zero-order valence-corrected chi connectivity index (χ0v) is 14.4. The molecule has 0 aromatic heterocycles. The lowest BCUT2D eigenvalue weighted by atomic mass is 10.4. The SMILES string of the molecule is CN(C)C(Sc1cccc(Br)c1)=[N+](C)C.[I-]. The highest BCUT2D eigenvalue weighted by molar-refractivity contribution is 9.10. The van der Waals surface area contributed by atoms with Crippen LogP contribution in [0.5, 0.6) is 0 Å². The molecule has 16 heavy (non-hydrogen) atoms. The first kappa shape index (κ1) is 16.2. The third-order valence-electron chi connectivity index (χ3n) is 1.77. The van der Waals surface area contributed by atoms with Crippen molar-refractivity contribution in [2.45, 2.75) is 4.90 Å². The molecule has 0 N–H and O–H groups in total. The van der Waals surface area contributed by atoms with Crippen LogP contribution in [0.1, 0.15) is 0 Å². The molecule has 0 atom stereocenters. The Balaban J connectivity index is 0.00000225. The predicted octanol–water partition coefficient (Wildman–Crippen LogP) is -0.265. The summed E-state index contributed by atoms with van der Waals surface area (Å²) in [4.78, 5) is 3.35. The van der Waals surface area contributed by atoms with Crippen LogP contribution in [0.2, 0.25) is 0 Å². The molecule has 5 heteroatoms. The number of benzene rings is 1. The van der Waals surface area contributed by atoms with Gasteiger partial charge in [-0.15, -0.1) is 0 Å². The Morgan fingerprint density at radius 3 is 2.38 bits per heavy atom. The van der Waals surface area contributed by atoms with Crippen LogP contribution < -0.4 is 24.0 Å². The first-order chi connectivity index (χ1) is 7.00. The predicted molar refractivity (Wildman–Crippen MR) is 70.8 cm³/mol. The number of amidine groups is 1. The maximum atomic E-state index is 3.48. The largest absolute Gasteiger partial charge is 1.00 e. The van der Waals surface area contributed by atoms with Crippen molar-refractivity contribution in [2.75, 3.05) is 28.2 Å². The van der Waals surface area contributed by atoms with Crippen molar-refractivity contribution in [2.24, 2.45) is 0 Å². The molecule has 90 valence electrons. The molecule has 0 bridgehead atoms. The van der Waals surface area contributed by atoms with E-state index < -0.39 is 0 Å². The molecule has 0 aliphatic rings. The van der Waals surface area contributed by atoms with Crippen LogP contribution in [-0.4, -0.2) is 42.8 Å². The summed E-state index contributed by atoms with van der Waals surface area (Å²) in [6.45, 7) is 0. The lowest BCUT2D eigenvalue weighted by Gasteiger charge is -2.10. The number of halogens is 2. The van der Waals surface area contributed by atoms with E-state index in [0.717, 1.165) is 4.47 Å². The fraction of sp³-hybridized carbons (Fsp3) is 0.364. The minimum atomic E-state index is 0. The highest BCUT2D eigenvalue weighted by atomic mass is 127. The molecule has 0 unspecified atom stereocenters. The van der Waals surface area contributed by atoms with Crippen molar-refractivity contribution in [1.29, 1.82) is 0 Å². The van der Waals surface area contributed by atoms with Gasteiger partial charge in [0.2, 0.25) is 0 Å². The van der Waals surface area contributed by atoms with Crippen LogP contribution in [0.3, 0.4) is 0 Å². The summed E-state index contributed by atoms with van der Waals surface area (Å²) in [5.74, 6) is 0. The Hall–Kier alpha value is 0.250. The van der Waals surface area contributed by atoms with E-state index in [1.807, 2.05) is 6.07 Å². The average molecular weight is 415 g/mol. The van der Waals surface area contributed by atoms with Gasteiger partial charge in [-0.2, -0.15) is 0 Å². The Morgan fingerprint density at radius 1 is 1.31 bits per heavy atom. The van der Waals surface area contributed by atoms with Gasteiger partial charge >= 0.3 is 5.17 Å². The van der Waals surface area contributed by atoms with Gasteiger partial charge in [-0.05, 0) is 30.0 Å². The smallest absolute Gasteiger partial charge is 0.312 e. The summed E-state index contributed by atoms with van der Waals surface area (Å²) >= 11 is 5.23. The maximum Gasteiger partial charge on any atom is 0.312 e. The summed E-state index contributed by atoms with van der Waals surface area (Å²) in [5.41, 5.74) is 0. The van der Waals surface area contributed by atoms with Crippen LogP contribution in [0, 0.1) is 0 Å². The van der Waals surface area contributed by atoms with Gasteiger partial charge in [0.25, 0.3) is 0 Å². The molecule has 0 spiro atoms. The molecule has 1 rings (SSSR count). The van der Waals surface area contributed by atoms with Gasteiger partial charge in [-0.3, -0.25) is 9.48 Å². The van der Waals surface area contributed by atoms with Crippen LogP contribution in [-0.2, 0) is 0 Å². The number of rotatable bonds is 1. The van der Waals surface area contributed by atoms with Gasteiger partial charge in [0.1, 0.15) is 0 Å². The van der Waals surface area contributed by atoms with Crippen molar-refractivity contribution in [1.82, 2.24) is 4.90 Å². The third kappa shape index (κ3) is 5.05. The lowest BCUT2D eigenvalue weighted by Crippen LogP contribution is -3.00. The molecule has 0 saturated carbocycles. The molecule has 2 nitrogen and oxygen atoms in total. The van der Waals surface area contributed by atoms with E-state index in [1.165, 1.54) is 10.1 Å². The van der Waals surface area contributed by atoms with Crippen molar-refractivity contribution >= 4 is 32.9 Å². The zero-order chi connectivity index (χ0) is 11.4. The minimum Gasteiger partial charge on any atom is -1.00 e. The number of hydrogen-bond donors (Lipinski definition) is 0. The molecular formula is C11H16BrIN2S. The second kappa shape index (κ2) is 7.55. The molecule has 1 aromatic rings. The lowest BCUT2D eigenvalue weighted by molar-refractivity contribution is -0.466. The topological polar surface area (TPSA) is 6.25 Å². The second-order valence-corrected chi connectivity index (χ2v) is 5.59. The summed E-state index contributed by atoms with van der Waals surface area (Å²) in [7, 11) is 8.22. The maximum absolute atomic E-state index is 3.48. The van der Waals surface area contributed by atoms with Crippen LogP contribution in [0.4, 0.5) is 0 Å². The highest BCUT2D eigenvalue weighted by Crippen LogP contribution is 2.23. The Labute approximate surface area is 127 Å². The van der Waals surface area contributed by atoms with Crippen molar-refractivity contribution in [3.8, 4) is 0 Å². The molecule has 0 aliphatic heterocycles. The number of thioether (sulfide) groups is 1. The van der Waals surface area contributed by atoms with Crippen molar-refractivity contribution < 1.29 is 28.6 Å². The van der Waals surface area contributed by atoms with Gasteiger partial charge in [-0.25, -0.2) is 0 Å². The molecule has 1 aromatic carbocycles. The normalized spacial score (nSPS) is 9.31.